The molecule has 0 aliphatic heterocycles. The lowest BCUT2D eigenvalue weighted by atomic mass is 9.90. The van der Waals surface area contributed by atoms with Gasteiger partial charge >= 0.3 is 0 Å². The highest BCUT2D eigenvalue weighted by Crippen LogP contribution is 2.16. The molecule has 0 saturated carbocycles. The molecule has 1 N–H and O–H groups in total. The lowest BCUT2D eigenvalue weighted by Crippen LogP contribution is -2.19. The van der Waals surface area contributed by atoms with Crippen LogP contribution < -0.4 is 5.32 Å². The van der Waals surface area contributed by atoms with Crippen LogP contribution >= 0.6 is 0 Å². The molecule has 0 aromatic carbocycles. The maximum absolute atomic E-state index is 11.5. The van der Waals surface area contributed by atoms with Gasteiger partial charge in [0.25, 0.3) is 0 Å². The number of nitrogens with one attached hydrogen (secondary N) is 1. The quantitative estimate of drug-likeness (QED) is 0.656. The molecule has 0 amide bonds. The summed E-state index contributed by atoms with van der Waals surface area (Å²) in [5.74, 6) is 0.175. The topological polar surface area (TPSA) is 29.1 Å². The van der Waals surface area contributed by atoms with Gasteiger partial charge in [0.15, 0.2) is 5.78 Å². The Morgan fingerprint density at radius 3 is 2.17 bits per heavy atom. The third kappa shape index (κ3) is 3.56. The maximum atomic E-state index is 11.5. The van der Waals surface area contributed by atoms with Crippen molar-refractivity contribution in [2.75, 3.05) is 7.05 Å². The molecule has 0 saturated heterocycles. The highest BCUT2D eigenvalue weighted by molar-refractivity contribution is 5.94. The van der Waals surface area contributed by atoms with E-state index in [9.17, 15) is 4.79 Å². The van der Waals surface area contributed by atoms with Gasteiger partial charge in [0.1, 0.15) is 0 Å². The SMILES string of the molecule is CCC(=CC(=O)C(C)(C)C)NC. The molecule has 0 aliphatic rings. The zero-order valence-electron chi connectivity index (χ0n) is 8.69. The van der Waals surface area contributed by atoms with Crippen LogP contribution in [0.15, 0.2) is 11.8 Å². The van der Waals surface area contributed by atoms with Gasteiger partial charge < -0.3 is 5.32 Å². The fraction of sp³-hybridized carbons (Fsp3) is 0.700. The molecule has 2 heteroatoms. The van der Waals surface area contributed by atoms with E-state index in [2.05, 4.69) is 5.32 Å². The van der Waals surface area contributed by atoms with Crippen molar-refractivity contribution in [2.45, 2.75) is 34.1 Å². The average molecular weight is 169 g/mol. The van der Waals surface area contributed by atoms with Gasteiger partial charge in [0.05, 0.1) is 0 Å². The first-order valence-electron chi connectivity index (χ1n) is 4.34. The predicted octanol–water partition coefficient (Wildman–Crippen LogP) is 2.11. The second kappa shape index (κ2) is 4.29. The second-order valence-corrected chi connectivity index (χ2v) is 3.89. The number of hydrogen-bond acceptors (Lipinski definition) is 2. The standard InChI is InChI=1S/C10H19NO/c1-6-8(11-5)7-9(12)10(2,3)4/h7,11H,6H2,1-5H3. The van der Waals surface area contributed by atoms with E-state index in [-0.39, 0.29) is 11.2 Å². The van der Waals surface area contributed by atoms with E-state index < -0.39 is 0 Å². The monoisotopic (exact) mass is 169 g/mol. The highest BCUT2D eigenvalue weighted by Gasteiger charge is 2.18. The molecule has 0 heterocycles. The molecular formula is C10H19NO. The van der Waals surface area contributed by atoms with Crippen LogP contribution in [0.4, 0.5) is 0 Å². The first kappa shape index (κ1) is 11.2. The van der Waals surface area contributed by atoms with Crippen LogP contribution in [0, 0.1) is 5.41 Å². The summed E-state index contributed by atoms with van der Waals surface area (Å²) in [4.78, 5) is 11.5. The van der Waals surface area contributed by atoms with Crippen LogP contribution in [0.25, 0.3) is 0 Å². The van der Waals surface area contributed by atoms with Crippen molar-refractivity contribution in [3.05, 3.63) is 11.8 Å². The lowest BCUT2D eigenvalue weighted by molar-refractivity contribution is -0.121. The average Bonchev–Trinajstić information content (AvgIpc) is 1.97. The molecule has 0 bridgehead atoms. The van der Waals surface area contributed by atoms with E-state index in [1.165, 1.54) is 0 Å². The smallest absolute Gasteiger partial charge is 0.162 e. The molecule has 0 aromatic rings. The normalized spacial score (nSPS) is 12.9. The van der Waals surface area contributed by atoms with Gasteiger partial charge in [-0.3, -0.25) is 4.79 Å². The first-order valence-corrected chi connectivity index (χ1v) is 4.34. The molecule has 70 valence electrons. The Morgan fingerprint density at radius 1 is 1.42 bits per heavy atom. The summed E-state index contributed by atoms with van der Waals surface area (Å²) in [7, 11) is 1.84. The Bertz CT molecular complexity index is 181. The van der Waals surface area contributed by atoms with Crippen LogP contribution in [0.3, 0.4) is 0 Å². The van der Waals surface area contributed by atoms with Crippen molar-refractivity contribution in [1.82, 2.24) is 5.32 Å². The van der Waals surface area contributed by atoms with Crippen molar-refractivity contribution >= 4 is 5.78 Å². The van der Waals surface area contributed by atoms with Crippen LogP contribution in [-0.2, 0) is 4.79 Å². The van der Waals surface area contributed by atoms with E-state index in [0.717, 1.165) is 12.1 Å². The number of hydrogen-bond donors (Lipinski definition) is 1. The fourth-order valence-electron chi connectivity index (χ4n) is 0.726. The zero-order valence-corrected chi connectivity index (χ0v) is 8.69. The highest BCUT2D eigenvalue weighted by atomic mass is 16.1. The van der Waals surface area contributed by atoms with Gasteiger partial charge in [0.2, 0.25) is 0 Å². The third-order valence-electron chi connectivity index (χ3n) is 1.75. The van der Waals surface area contributed by atoms with E-state index in [1.54, 1.807) is 6.08 Å². The number of carbonyl (C=O) groups is 1. The van der Waals surface area contributed by atoms with Gasteiger partial charge in [0, 0.05) is 24.2 Å². The van der Waals surface area contributed by atoms with Crippen LogP contribution in [-0.4, -0.2) is 12.8 Å². The Morgan fingerprint density at radius 2 is 1.92 bits per heavy atom. The molecule has 0 radical (unpaired) electrons. The lowest BCUT2D eigenvalue weighted by Gasteiger charge is -2.14. The molecule has 0 unspecified atom stereocenters. The minimum absolute atomic E-state index is 0.175. The summed E-state index contributed by atoms with van der Waals surface area (Å²) in [5, 5.41) is 3.00. The van der Waals surface area contributed by atoms with Crippen LogP contribution in [0.5, 0.6) is 0 Å². The third-order valence-corrected chi connectivity index (χ3v) is 1.75. The molecule has 0 atom stereocenters. The summed E-state index contributed by atoms with van der Waals surface area (Å²) in [6.45, 7) is 7.80. The van der Waals surface area contributed by atoms with Crippen molar-refractivity contribution in [3.8, 4) is 0 Å². The number of rotatable bonds is 3. The van der Waals surface area contributed by atoms with E-state index in [1.807, 2.05) is 34.7 Å². The molecule has 0 spiro atoms. The van der Waals surface area contributed by atoms with Gasteiger partial charge in [-0.05, 0) is 6.42 Å². The van der Waals surface area contributed by atoms with E-state index in [0.29, 0.717) is 0 Å². The van der Waals surface area contributed by atoms with E-state index >= 15 is 0 Å². The van der Waals surface area contributed by atoms with Crippen LogP contribution in [0.1, 0.15) is 34.1 Å². The van der Waals surface area contributed by atoms with Crippen molar-refractivity contribution in [3.63, 3.8) is 0 Å². The number of carbonyl (C=O) groups excluding carboxylic acids is 1. The molecule has 0 rings (SSSR count). The minimum atomic E-state index is -0.267. The molecule has 12 heavy (non-hydrogen) atoms. The van der Waals surface area contributed by atoms with Gasteiger partial charge in [-0.25, -0.2) is 0 Å². The van der Waals surface area contributed by atoms with E-state index in [4.69, 9.17) is 0 Å². The Labute approximate surface area is 75.0 Å². The maximum Gasteiger partial charge on any atom is 0.162 e. The predicted molar refractivity (Wildman–Crippen MR) is 51.9 cm³/mol. The summed E-state index contributed by atoms with van der Waals surface area (Å²) >= 11 is 0. The zero-order chi connectivity index (χ0) is 9.78. The molecule has 0 aliphatic carbocycles. The molecular weight excluding hydrogens is 150 g/mol. The summed E-state index contributed by atoms with van der Waals surface area (Å²) in [6, 6.07) is 0. The largest absolute Gasteiger partial charge is 0.391 e. The van der Waals surface area contributed by atoms with Crippen molar-refractivity contribution < 1.29 is 4.79 Å². The molecule has 0 aromatic heterocycles. The van der Waals surface area contributed by atoms with Crippen molar-refractivity contribution in [2.24, 2.45) is 5.41 Å². The molecule has 2 nitrogen and oxygen atoms in total. The second-order valence-electron chi connectivity index (χ2n) is 3.89. The number of allylic oxidation sites excluding steroid dienone is 2. The first-order chi connectivity index (χ1) is 5.41. The summed E-state index contributed by atoms with van der Waals surface area (Å²) in [6.07, 6.45) is 2.57. The Hall–Kier alpha value is -0.790. The Kier molecular flexibility index (Phi) is 4.01. The van der Waals surface area contributed by atoms with Gasteiger partial charge in [-0.1, -0.05) is 27.7 Å². The van der Waals surface area contributed by atoms with Crippen molar-refractivity contribution in [1.29, 1.82) is 0 Å². The molecule has 0 fully saturated rings. The van der Waals surface area contributed by atoms with Crippen LogP contribution in [0.2, 0.25) is 0 Å². The summed E-state index contributed by atoms with van der Waals surface area (Å²) in [5.41, 5.74) is 0.729. The Balaban J connectivity index is 4.42. The minimum Gasteiger partial charge on any atom is -0.391 e. The van der Waals surface area contributed by atoms with Gasteiger partial charge in [-0.15, -0.1) is 0 Å². The summed E-state index contributed by atoms with van der Waals surface area (Å²) < 4.78 is 0. The number of ketones is 1. The van der Waals surface area contributed by atoms with Gasteiger partial charge in [-0.2, -0.15) is 0 Å². The fourth-order valence-corrected chi connectivity index (χ4v) is 0.726.